The number of nitrogens with zero attached hydrogens (tertiary/aromatic N) is 5. The molecule has 5 aromatic rings. The zero-order valence-electron chi connectivity index (χ0n) is 20.6. The van der Waals surface area contributed by atoms with Crippen molar-refractivity contribution in [2.45, 2.75) is 37.9 Å². The van der Waals surface area contributed by atoms with Gasteiger partial charge in [-0.15, -0.1) is 0 Å². The third kappa shape index (κ3) is 4.74. The predicted octanol–water partition coefficient (Wildman–Crippen LogP) is 6.18. The van der Waals surface area contributed by atoms with E-state index in [4.69, 9.17) is 0 Å². The van der Waals surface area contributed by atoms with Crippen LogP contribution in [0.25, 0.3) is 22.2 Å². The van der Waals surface area contributed by atoms with E-state index < -0.39 is 21.8 Å². The van der Waals surface area contributed by atoms with Crippen molar-refractivity contribution >= 4 is 32.6 Å². The fraction of sp³-hybridized carbons (Fsp3) is 0.192. The van der Waals surface area contributed by atoms with Crippen LogP contribution in [0, 0.1) is 6.92 Å². The molecule has 3 heterocycles. The first-order valence-corrected chi connectivity index (χ1v) is 13.1. The van der Waals surface area contributed by atoms with Crippen molar-refractivity contribution in [1.29, 1.82) is 0 Å². The summed E-state index contributed by atoms with van der Waals surface area (Å²) in [5.74, 6) is 0.360. The van der Waals surface area contributed by atoms with Crippen molar-refractivity contribution in [3.8, 4) is 11.3 Å². The molecule has 1 N–H and O–H groups in total. The normalized spacial score (nSPS) is 12.4. The summed E-state index contributed by atoms with van der Waals surface area (Å²) < 4.78 is 67.8. The van der Waals surface area contributed by atoms with Gasteiger partial charge in [0.25, 0.3) is 10.0 Å². The highest BCUT2D eigenvalue weighted by atomic mass is 32.2. The maximum absolute atomic E-state index is 13.1. The lowest BCUT2D eigenvalue weighted by molar-refractivity contribution is -0.137. The Kier molecular flexibility index (Phi) is 6.22. The Morgan fingerprint density at radius 1 is 1.00 bits per heavy atom. The molecule has 196 valence electrons. The highest BCUT2D eigenvalue weighted by Gasteiger charge is 2.31. The zero-order chi connectivity index (χ0) is 27.2. The maximum Gasteiger partial charge on any atom is 0.416 e. The Morgan fingerprint density at radius 3 is 2.39 bits per heavy atom. The lowest BCUT2D eigenvalue weighted by Crippen LogP contribution is -2.12. The van der Waals surface area contributed by atoms with Crippen molar-refractivity contribution in [3.63, 3.8) is 0 Å². The molecule has 0 fully saturated rings. The van der Waals surface area contributed by atoms with Crippen molar-refractivity contribution in [2.75, 3.05) is 5.32 Å². The van der Waals surface area contributed by atoms with E-state index in [2.05, 4.69) is 20.4 Å². The van der Waals surface area contributed by atoms with Gasteiger partial charge in [0.15, 0.2) is 0 Å². The SMILES string of the molecule is Cc1cnc(Nc2ccc3c(ccn3S(=O)(=O)c3ccc(C(F)(F)F)cc3)c2)nc1-c1cnn(C(C)C)c1. The summed E-state index contributed by atoms with van der Waals surface area (Å²) in [5, 5.41) is 8.13. The van der Waals surface area contributed by atoms with Gasteiger partial charge in [0.05, 0.1) is 27.9 Å². The van der Waals surface area contributed by atoms with Crippen LogP contribution in [0.1, 0.15) is 31.0 Å². The van der Waals surface area contributed by atoms with E-state index in [1.807, 2.05) is 31.6 Å². The van der Waals surface area contributed by atoms with Gasteiger partial charge < -0.3 is 5.32 Å². The quantitative estimate of drug-likeness (QED) is 0.276. The van der Waals surface area contributed by atoms with Gasteiger partial charge in [-0.25, -0.2) is 22.4 Å². The van der Waals surface area contributed by atoms with Gasteiger partial charge in [0, 0.05) is 41.3 Å². The second-order valence-electron chi connectivity index (χ2n) is 9.07. The summed E-state index contributed by atoms with van der Waals surface area (Å²) >= 11 is 0. The van der Waals surface area contributed by atoms with Gasteiger partial charge in [-0.05, 0) is 74.9 Å². The smallest absolute Gasteiger partial charge is 0.324 e. The fourth-order valence-electron chi connectivity index (χ4n) is 4.00. The molecule has 0 atom stereocenters. The third-order valence-corrected chi connectivity index (χ3v) is 7.73. The van der Waals surface area contributed by atoms with Crippen LogP contribution in [0.4, 0.5) is 24.8 Å². The maximum atomic E-state index is 13.1. The number of aromatic nitrogens is 5. The van der Waals surface area contributed by atoms with E-state index >= 15 is 0 Å². The lowest BCUT2D eigenvalue weighted by Gasteiger charge is -2.11. The van der Waals surface area contributed by atoms with Crippen LogP contribution >= 0.6 is 0 Å². The molecule has 0 aliphatic heterocycles. The molecule has 0 aliphatic carbocycles. The minimum Gasteiger partial charge on any atom is -0.324 e. The number of anilines is 2. The van der Waals surface area contributed by atoms with E-state index in [-0.39, 0.29) is 10.9 Å². The molecule has 2 aromatic carbocycles. The fourth-order valence-corrected chi connectivity index (χ4v) is 5.35. The first-order chi connectivity index (χ1) is 17.9. The number of halogens is 3. The van der Waals surface area contributed by atoms with Crippen molar-refractivity contribution in [1.82, 2.24) is 23.7 Å². The van der Waals surface area contributed by atoms with E-state index in [0.717, 1.165) is 45.1 Å². The monoisotopic (exact) mass is 540 g/mol. The summed E-state index contributed by atoms with van der Waals surface area (Å²) in [6.07, 6.45) is 2.21. The Bertz CT molecular complexity index is 1740. The molecular formula is C26H23F3N6O2S. The van der Waals surface area contributed by atoms with Crippen LogP contribution in [-0.2, 0) is 16.2 Å². The number of nitrogens with one attached hydrogen (secondary N) is 1. The van der Waals surface area contributed by atoms with Crippen molar-refractivity contribution in [3.05, 3.63) is 84.4 Å². The van der Waals surface area contributed by atoms with E-state index in [1.165, 1.54) is 6.20 Å². The number of benzene rings is 2. The predicted molar refractivity (Wildman–Crippen MR) is 138 cm³/mol. The molecule has 0 amide bonds. The van der Waals surface area contributed by atoms with Crippen LogP contribution in [0.5, 0.6) is 0 Å². The topological polar surface area (TPSA) is 94.7 Å². The largest absolute Gasteiger partial charge is 0.416 e. The average molecular weight is 541 g/mol. The lowest BCUT2D eigenvalue weighted by atomic mass is 10.1. The third-order valence-electron chi connectivity index (χ3n) is 6.02. The molecule has 38 heavy (non-hydrogen) atoms. The van der Waals surface area contributed by atoms with Crippen molar-refractivity contribution in [2.24, 2.45) is 0 Å². The molecule has 0 saturated heterocycles. The standard InChI is InChI=1S/C26H23F3N6O2S/c1-16(2)34-15-19(14-31-34)24-17(3)13-30-25(33-24)32-21-6-9-23-18(12-21)10-11-35(23)38(36,37)22-7-4-20(5-8-22)26(27,28)29/h4-16H,1-3H3,(H,30,32,33). The van der Waals surface area contributed by atoms with E-state index in [1.54, 1.807) is 36.7 Å². The number of fused-ring (bicyclic) bond motifs is 1. The minimum absolute atomic E-state index is 0.214. The summed E-state index contributed by atoms with van der Waals surface area (Å²) in [5.41, 5.74) is 2.59. The number of aryl methyl sites for hydroxylation is 1. The molecule has 0 saturated carbocycles. The Morgan fingerprint density at radius 2 is 1.74 bits per heavy atom. The number of hydrogen-bond acceptors (Lipinski definition) is 6. The van der Waals surface area contributed by atoms with E-state index in [0.29, 0.717) is 22.5 Å². The molecule has 0 aliphatic rings. The van der Waals surface area contributed by atoms with Gasteiger partial charge in [0.2, 0.25) is 5.95 Å². The number of alkyl halides is 3. The Hall–Kier alpha value is -4.19. The highest BCUT2D eigenvalue weighted by Crippen LogP contribution is 2.31. The summed E-state index contributed by atoms with van der Waals surface area (Å²) in [6.45, 7) is 5.99. The molecule has 0 bridgehead atoms. The second-order valence-corrected chi connectivity index (χ2v) is 10.9. The minimum atomic E-state index is -4.55. The first-order valence-electron chi connectivity index (χ1n) is 11.6. The summed E-state index contributed by atoms with van der Waals surface area (Å²) in [7, 11) is -4.11. The Labute approximate surface area is 216 Å². The van der Waals surface area contributed by atoms with Crippen LogP contribution < -0.4 is 5.32 Å². The van der Waals surface area contributed by atoms with Crippen LogP contribution in [0.2, 0.25) is 0 Å². The number of hydrogen-bond donors (Lipinski definition) is 1. The molecule has 3 aromatic heterocycles. The molecular weight excluding hydrogens is 517 g/mol. The molecule has 0 spiro atoms. The van der Waals surface area contributed by atoms with Crippen LogP contribution in [0.15, 0.2) is 78.2 Å². The van der Waals surface area contributed by atoms with Gasteiger partial charge in [-0.2, -0.15) is 18.3 Å². The molecule has 5 rings (SSSR count). The zero-order valence-corrected chi connectivity index (χ0v) is 21.4. The van der Waals surface area contributed by atoms with Gasteiger partial charge in [0.1, 0.15) is 0 Å². The molecule has 12 heteroatoms. The highest BCUT2D eigenvalue weighted by molar-refractivity contribution is 7.90. The van der Waals surface area contributed by atoms with Crippen LogP contribution in [0.3, 0.4) is 0 Å². The Balaban J connectivity index is 1.42. The first kappa shape index (κ1) is 25.5. The van der Waals surface area contributed by atoms with Gasteiger partial charge in [-0.1, -0.05) is 0 Å². The van der Waals surface area contributed by atoms with Crippen LogP contribution in [-0.4, -0.2) is 32.1 Å². The average Bonchev–Trinajstić information content (AvgIpc) is 3.53. The second kappa shape index (κ2) is 9.28. The van der Waals surface area contributed by atoms with Gasteiger partial charge >= 0.3 is 6.18 Å². The van der Waals surface area contributed by atoms with E-state index in [9.17, 15) is 21.6 Å². The number of rotatable bonds is 6. The van der Waals surface area contributed by atoms with Gasteiger partial charge in [-0.3, -0.25) is 4.68 Å². The molecule has 8 nitrogen and oxygen atoms in total. The molecule has 0 radical (unpaired) electrons. The summed E-state index contributed by atoms with van der Waals surface area (Å²) in [6, 6.07) is 10.3. The summed E-state index contributed by atoms with van der Waals surface area (Å²) in [4.78, 5) is 8.76. The van der Waals surface area contributed by atoms with Crippen molar-refractivity contribution < 1.29 is 21.6 Å². The molecule has 0 unspecified atom stereocenters.